The summed E-state index contributed by atoms with van der Waals surface area (Å²) in [6.07, 6.45) is -0.716. The quantitative estimate of drug-likeness (QED) is 0.877. The highest BCUT2D eigenvalue weighted by molar-refractivity contribution is 9.10. The van der Waals surface area contributed by atoms with Crippen LogP contribution in [0, 0.1) is 11.7 Å². The molecule has 0 aromatic heterocycles. The van der Waals surface area contributed by atoms with E-state index >= 15 is 0 Å². The molecule has 0 aliphatic rings. The Labute approximate surface area is 91.1 Å². The zero-order valence-corrected chi connectivity index (χ0v) is 9.46. The Morgan fingerprint density at radius 1 is 1.50 bits per heavy atom. The van der Waals surface area contributed by atoms with Crippen LogP contribution < -0.4 is 5.73 Å². The van der Waals surface area contributed by atoms with Gasteiger partial charge in [-0.1, -0.05) is 22.9 Å². The molecule has 0 amide bonds. The van der Waals surface area contributed by atoms with Crippen molar-refractivity contribution >= 4 is 15.9 Å². The molecule has 2 nitrogen and oxygen atoms in total. The van der Waals surface area contributed by atoms with E-state index in [9.17, 15) is 9.50 Å². The summed E-state index contributed by atoms with van der Waals surface area (Å²) in [5.41, 5.74) is 5.97. The van der Waals surface area contributed by atoms with Gasteiger partial charge in [0, 0.05) is 4.47 Å². The van der Waals surface area contributed by atoms with Gasteiger partial charge in [0.25, 0.3) is 0 Å². The minimum atomic E-state index is -0.716. The highest BCUT2D eigenvalue weighted by Crippen LogP contribution is 2.24. The number of rotatable bonds is 3. The maximum Gasteiger partial charge on any atom is 0.124 e. The molecular formula is C10H13BrFNO. The molecule has 4 heteroatoms. The molecule has 2 unspecified atom stereocenters. The molecular weight excluding hydrogens is 249 g/mol. The molecule has 0 saturated carbocycles. The van der Waals surface area contributed by atoms with Crippen molar-refractivity contribution in [1.29, 1.82) is 0 Å². The lowest BCUT2D eigenvalue weighted by atomic mass is 9.98. The highest BCUT2D eigenvalue weighted by Gasteiger charge is 2.15. The van der Waals surface area contributed by atoms with Crippen LogP contribution in [0.4, 0.5) is 4.39 Å². The van der Waals surface area contributed by atoms with Crippen molar-refractivity contribution in [3.05, 3.63) is 34.1 Å². The normalized spacial score (nSPS) is 15.2. The summed E-state index contributed by atoms with van der Waals surface area (Å²) in [7, 11) is 0. The van der Waals surface area contributed by atoms with Crippen LogP contribution in [0.2, 0.25) is 0 Å². The third-order valence-electron chi connectivity index (χ3n) is 2.14. The van der Waals surface area contributed by atoms with E-state index in [0.717, 1.165) is 0 Å². The monoisotopic (exact) mass is 261 g/mol. The van der Waals surface area contributed by atoms with Crippen LogP contribution in [0.15, 0.2) is 22.7 Å². The largest absolute Gasteiger partial charge is 0.388 e. The fraction of sp³-hybridized carbons (Fsp3) is 0.400. The number of benzene rings is 1. The standard InChI is InChI=1S/C10H13BrFNO/c1-6(5-13)10(14)7-2-8(11)4-9(12)3-7/h2-4,6,10,14H,5,13H2,1H3. The first-order valence-corrected chi connectivity index (χ1v) is 5.18. The summed E-state index contributed by atoms with van der Waals surface area (Å²) in [6, 6.07) is 4.37. The molecule has 0 radical (unpaired) electrons. The van der Waals surface area contributed by atoms with Crippen LogP contribution in [0.5, 0.6) is 0 Å². The summed E-state index contributed by atoms with van der Waals surface area (Å²) >= 11 is 3.17. The van der Waals surface area contributed by atoms with E-state index in [4.69, 9.17) is 5.73 Å². The third-order valence-corrected chi connectivity index (χ3v) is 2.60. The van der Waals surface area contributed by atoms with E-state index < -0.39 is 6.10 Å². The SMILES string of the molecule is CC(CN)C(O)c1cc(F)cc(Br)c1. The lowest BCUT2D eigenvalue weighted by molar-refractivity contribution is 0.121. The van der Waals surface area contributed by atoms with Gasteiger partial charge in [-0.2, -0.15) is 0 Å². The lowest BCUT2D eigenvalue weighted by Gasteiger charge is -2.17. The van der Waals surface area contributed by atoms with Gasteiger partial charge in [0.1, 0.15) is 5.82 Å². The Balaban J connectivity index is 2.94. The summed E-state index contributed by atoms with van der Waals surface area (Å²) in [5, 5.41) is 9.77. The minimum absolute atomic E-state index is 0.0799. The van der Waals surface area contributed by atoms with Crippen molar-refractivity contribution in [3.63, 3.8) is 0 Å². The van der Waals surface area contributed by atoms with Gasteiger partial charge in [0.05, 0.1) is 6.10 Å². The number of aliphatic hydroxyl groups is 1. The average molecular weight is 262 g/mol. The summed E-state index contributed by atoms with van der Waals surface area (Å²) in [5.74, 6) is -0.443. The van der Waals surface area contributed by atoms with Crippen LogP contribution in [-0.4, -0.2) is 11.7 Å². The average Bonchev–Trinajstić information content (AvgIpc) is 2.14. The summed E-state index contributed by atoms with van der Waals surface area (Å²) in [6.45, 7) is 2.19. The van der Waals surface area contributed by atoms with E-state index in [2.05, 4.69) is 15.9 Å². The molecule has 0 heterocycles. The molecule has 1 aromatic carbocycles. The van der Waals surface area contributed by atoms with Gasteiger partial charge < -0.3 is 10.8 Å². The van der Waals surface area contributed by atoms with Crippen molar-refractivity contribution in [2.75, 3.05) is 6.54 Å². The molecule has 1 aromatic rings. The van der Waals surface area contributed by atoms with Crippen molar-refractivity contribution in [2.24, 2.45) is 11.7 Å². The Morgan fingerprint density at radius 2 is 2.14 bits per heavy atom. The highest BCUT2D eigenvalue weighted by atomic mass is 79.9. The number of nitrogens with two attached hydrogens (primary N) is 1. The lowest BCUT2D eigenvalue weighted by Crippen LogP contribution is -2.18. The number of aliphatic hydroxyl groups excluding tert-OH is 1. The molecule has 0 aliphatic carbocycles. The van der Waals surface area contributed by atoms with Gasteiger partial charge in [-0.15, -0.1) is 0 Å². The fourth-order valence-corrected chi connectivity index (χ4v) is 1.69. The molecule has 0 bridgehead atoms. The molecule has 0 aliphatic heterocycles. The second-order valence-corrected chi connectivity index (χ2v) is 4.28. The van der Waals surface area contributed by atoms with Gasteiger partial charge in [-0.25, -0.2) is 4.39 Å². The minimum Gasteiger partial charge on any atom is -0.388 e. The Bertz CT molecular complexity index is 299. The maximum absolute atomic E-state index is 13.0. The predicted octanol–water partition coefficient (Wildman–Crippen LogP) is 2.22. The van der Waals surface area contributed by atoms with Crippen molar-refractivity contribution in [2.45, 2.75) is 13.0 Å². The molecule has 14 heavy (non-hydrogen) atoms. The second kappa shape index (κ2) is 4.87. The first kappa shape index (κ1) is 11.6. The predicted molar refractivity (Wildman–Crippen MR) is 57.3 cm³/mol. The van der Waals surface area contributed by atoms with Crippen LogP contribution >= 0.6 is 15.9 Å². The smallest absolute Gasteiger partial charge is 0.124 e. The number of halogens is 2. The van der Waals surface area contributed by atoms with Gasteiger partial charge in [-0.3, -0.25) is 0 Å². The van der Waals surface area contributed by atoms with E-state index in [1.54, 1.807) is 6.07 Å². The van der Waals surface area contributed by atoms with Gasteiger partial charge in [0.15, 0.2) is 0 Å². The molecule has 3 N–H and O–H groups in total. The van der Waals surface area contributed by atoms with Crippen LogP contribution in [0.1, 0.15) is 18.6 Å². The zero-order valence-electron chi connectivity index (χ0n) is 7.87. The topological polar surface area (TPSA) is 46.2 Å². The van der Waals surface area contributed by atoms with Crippen molar-refractivity contribution < 1.29 is 9.50 Å². The van der Waals surface area contributed by atoms with E-state index in [1.165, 1.54) is 12.1 Å². The molecule has 2 atom stereocenters. The van der Waals surface area contributed by atoms with Crippen LogP contribution in [0.25, 0.3) is 0 Å². The summed E-state index contributed by atoms with van der Waals surface area (Å²) < 4.78 is 13.6. The molecule has 1 rings (SSSR count). The second-order valence-electron chi connectivity index (χ2n) is 3.36. The van der Waals surface area contributed by atoms with E-state index in [1.807, 2.05) is 6.92 Å². The number of hydrogen-bond acceptors (Lipinski definition) is 2. The maximum atomic E-state index is 13.0. The molecule has 78 valence electrons. The van der Waals surface area contributed by atoms with Gasteiger partial charge in [0.2, 0.25) is 0 Å². The Morgan fingerprint density at radius 3 is 2.64 bits per heavy atom. The van der Waals surface area contributed by atoms with E-state index in [-0.39, 0.29) is 11.7 Å². The Hall–Kier alpha value is -0.450. The molecule has 0 saturated heterocycles. The van der Waals surface area contributed by atoms with Gasteiger partial charge in [-0.05, 0) is 36.2 Å². The molecule has 0 fully saturated rings. The Kier molecular flexibility index (Phi) is 4.04. The first-order chi connectivity index (χ1) is 6.54. The first-order valence-electron chi connectivity index (χ1n) is 4.38. The summed E-state index contributed by atoms with van der Waals surface area (Å²) in [4.78, 5) is 0. The van der Waals surface area contributed by atoms with Crippen molar-refractivity contribution in [1.82, 2.24) is 0 Å². The van der Waals surface area contributed by atoms with Crippen LogP contribution in [-0.2, 0) is 0 Å². The molecule has 0 spiro atoms. The third kappa shape index (κ3) is 2.77. The van der Waals surface area contributed by atoms with Crippen LogP contribution in [0.3, 0.4) is 0 Å². The van der Waals surface area contributed by atoms with E-state index in [0.29, 0.717) is 16.6 Å². The zero-order chi connectivity index (χ0) is 10.7. The fourth-order valence-electron chi connectivity index (χ4n) is 1.20. The number of hydrogen-bond donors (Lipinski definition) is 2. The van der Waals surface area contributed by atoms with Gasteiger partial charge >= 0.3 is 0 Å². The van der Waals surface area contributed by atoms with Crippen molar-refractivity contribution in [3.8, 4) is 0 Å².